The largest absolute Gasteiger partial charge is 0.493 e. The molecule has 1 fully saturated rings. The van der Waals surface area contributed by atoms with Crippen LogP contribution in [0.4, 0.5) is 5.69 Å². The number of rotatable bonds is 6. The minimum Gasteiger partial charge on any atom is -0.493 e. The lowest BCUT2D eigenvalue weighted by molar-refractivity contribution is 0.0730. The lowest BCUT2D eigenvalue weighted by Crippen LogP contribution is -2.40. The van der Waals surface area contributed by atoms with E-state index in [4.69, 9.17) is 14.2 Å². The van der Waals surface area contributed by atoms with Crippen molar-refractivity contribution in [2.24, 2.45) is 0 Å². The Balaban J connectivity index is 1.89. The molecule has 158 valence electrons. The fraction of sp³-hybridized carbons (Fsp3) is 0.421. The first-order chi connectivity index (χ1) is 13.8. The molecule has 1 aliphatic heterocycles. The number of amides is 1. The van der Waals surface area contributed by atoms with E-state index in [0.717, 1.165) is 0 Å². The van der Waals surface area contributed by atoms with E-state index in [0.29, 0.717) is 54.7 Å². The van der Waals surface area contributed by atoms with Gasteiger partial charge in [0.15, 0.2) is 11.5 Å². The molecule has 1 saturated heterocycles. The molecule has 0 aliphatic carbocycles. The van der Waals surface area contributed by atoms with Crippen LogP contribution < -0.4 is 14.8 Å². The summed E-state index contributed by atoms with van der Waals surface area (Å²) in [5.74, 6) is 0.567. The summed E-state index contributed by atoms with van der Waals surface area (Å²) < 4.78 is 43.2. The second-order valence-electron chi connectivity index (χ2n) is 6.62. The van der Waals surface area contributed by atoms with E-state index in [1.807, 2.05) is 0 Å². The first-order valence-electron chi connectivity index (χ1n) is 9.10. The zero-order chi connectivity index (χ0) is 21.2. The quantitative estimate of drug-likeness (QED) is 0.735. The van der Waals surface area contributed by atoms with Crippen molar-refractivity contribution in [1.82, 2.24) is 9.29 Å². The zero-order valence-corrected chi connectivity index (χ0v) is 17.7. The van der Waals surface area contributed by atoms with Crippen LogP contribution in [0.15, 0.2) is 23.1 Å². The molecule has 2 heterocycles. The minimum atomic E-state index is -3.72. The second kappa shape index (κ2) is 8.44. The Labute approximate surface area is 170 Å². The minimum absolute atomic E-state index is 0.136. The molecule has 0 unspecified atom stereocenters. The standard InChI is InChI=1S/C19H25N3O6S/c1-12-17(19(23)21-14-5-6-15(26-3)16(11-14)27-4)20-13(2)18(12)29(24,25)22-7-9-28-10-8-22/h5-6,11,20H,7-10H2,1-4H3,(H,21,23). The second-order valence-corrected chi connectivity index (χ2v) is 8.49. The number of nitrogens with zero attached hydrogens (tertiary/aromatic N) is 1. The monoisotopic (exact) mass is 423 g/mol. The van der Waals surface area contributed by atoms with Crippen molar-refractivity contribution in [2.45, 2.75) is 18.7 Å². The number of aryl methyl sites for hydroxylation is 1. The van der Waals surface area contributed by atoms with E-state index >= 15 is 0 Å². The van der Waals surface area contributed by atoms with Gasteiger partial charge in [-0.1, -0.05) is 0 Å². The Kier molecular flexibility index (Phi) is 6.15. The molecule has 3 rings (SSSR count). The first kappa shape index (κ1) is 21.2. The van der Waals surface area contributed by atoms with Crippen LogP contribution in [0.2, 0.25) is 0 Å². The van der Waals surface area contributed by atoms with E-state index in [1.54, 1.807) is 32.0 Å². The summed E-state index contributed by atoms with van der Waals surface area (Å²) in [4.78, 5) is 15.9. The number of methoxy groups -OCH3 is 2. The Morgan fingerprint density at radius 3 is 2.41 bits per heavy atom. The molecule has 0 radical (unpaired) electrons. The number of hydrogen-bond donors (Lipinski definition) is 2. The summed E-state index contributed by atoms with van der Waals surface area (Å²) in [5.41, 5.74) is 1.50. The molecule has 0 atom stereocenters. The highest BCUT2D eigenvalue weighted by molar-refractivity contribution is 7.89. The topological polar surface area (TPSA) is 110 Å². The third-order valence-electron chi connectivity index (χ3n) is 4.81. The first-order valence-corrected chi connectivity index (χ1v) is 10.5. The van der Waals surface area contributed by atoms with Crippen LogP contribution in [0.5, 0.6) is 11.5 Å². The molecule has 0 saturated carbocycles. The normalized spacial score (nSPS) is 15.2. The number of nitrogens with one attached hydrogen (secondary N) is 2. The van der Waals surface area contributed by atoms with Crippen LogP contribution in [0, 0.1) is 13.8 Å². The molecule has 1 amide bonds. The third kappa shape index (κ3) is 4.09. The summed E-state index contributed by atoms with van der Waals surface area (Å²) in [6.07, 6.45) is 0. The van der Waals surface area contributed by atoms with E-state index in [9.17, 15) is 13.2 Å². The smallest absolute Gasteiger partial charge is 0.272 e. The van der Waals surface area contributed by atoms with Crippen molar-refractivity contribution in [3.8, 4) is 11.5 Å². The average Bonchev–Trinajstić information content (AvgIpc) is 3.03. The maximum absolute atomic E-state index is 13.1. The van der Waals surface area contributed by atoms with E-state index in [1.165, 1.54) is 18.5 Å². The van der Waals surface area contributed by atoms with Gasteiger partial charge in [0.05, 0.1) is 27.4 Å². The number of H-pyrrole nitrogens is 1. The van der Waals surface area contributed by atoms with Gasteiger partial charge in [0.25, 0.3) is 5.91 Å². The highest BCUT2D eigenvalue weighted by atomic mass is 32.2. The van der Waals surface area contributed by atoms with Crippen molar-refractivity contribution in [2.75, 3.05) is 45.8 Å². The van der Waals surface area contributed by atoms with E-state index < -0.39 is 15.9 Å². The molecule has 2 aromatic rings. The van der Waals surface area contributed by atoms with E-state index in [-0.39, 0.29) is 10.6 Å². The summed E-state index contributed by atoms with van der Waals surface area (Å²) in [6.45, 7) is 4.57. The Hall–Kier alpha value is -2.56. The molecule has 9 nitrogen and oxygen atoms in total. The number of carbonyl (C=O) groups excluding carboxylic acids is 1. The van der Waals surface area contributed by atoms with Gasteiger partial charge in [-0.2, -0.15) is 4.31 Å². The van der Waals surface area contributed by atoms with Crippen molar-refractivity contribution in [1.29, 1.82) is 0 Å². The van der Waals surface area contributed by atoms with Crippen LogP contribution in [0.1, 0.15) is 21.7 Å². The highest BCUT2D eigenvalue weighted by Crippen LogP contribution is 2.31. The van der Waals surface area contributed by atoms with Crippen LogP contribution in [0.3, 0.4) is 0 Å². The predicted octanol–water partition coefficient (Wildman–Crippen LogP) is 1.92. The summed E-state index contributed by atoms with van der Waals surface area (Å²) in [6, 6.07) is 4.98. The number of morpholine rings is 1. The zero-order valence-electron chi connectivity index (χ0n) is 16.9. The molecule has 1 aromatic carbocycles. The van der Waals surface area contributed by atoms with Crippen LogP contribution in [-0.4, -0.2) is 64.1 Å². The Morgan fingerprint density at radius 2 is 1.79 bits per heavy atom. The fourth-order valence-electron chi connectivity index (χ4n) is 3.37. The SMILES string of the molecule is COc1ccc(NC(=O)c2[nH]c(C)c(S(=O)(=O)N3CCOCC3)c2C)cc1OC. The number of carbonyl (C=O) groups is 1. The van der Waals surface area contributed by atoms with Crippen LogP contribution in [0.25, 0.3) is 0 Å². The van der Waals surface area contributed by atoms with Crippen LogP contribution in [-0.2, 0) is 14.8 Å². The van der Waals surface area contributed by atoms with Crippen molar-refractivity contribution >= 4 is 21.6 Å². The average molecular weight is 423 g/mol. The Bertz CT molecular complexity index is 1010. The number of benzene rings is 1. The molecule has 1 aromatic heterocycles. The molecule has 0 bridgehead atoms. The number of ether oxygens (including phenoxy) is 3. The molecular weight excluding hydrogens is 398 g/mol. The van der Waals surface area contributed by atoms with Gasteiger partial charge in [-0.25, -0.2) is 8.42 Å². The Morgan fingerprint density at radius 1 is 1.14 bits per heavy atom. The third-order valence-corrected chi connectivity index (χ3v) is 6.98. The molecule has 2 N–H and O–H groups in total. The van der Waals surface area contributed by atoms with Crippen molar-refractivity contribution < 1.29 is 27.4 Å². The molecule has 0 spiro atoms. The number of sulfonamides is 1. The van der Waals surface area contributed by atoms with Crippen molar-refractivity contribution in [3.05, 3.63) is 35.2 Å². The summed E-state index contributed by atoms with van der Waals surface area (Å²) in [7, 11) is -0.693. The lowest BCUT2D eigenvalue weighted by atomic mass is 10.2. The van der Waals surface area contributed by atoms with Crippen LogP contribution >= 0.6 is 0 Å². The van der Waals surface area contributed by atoms with Crippen molar-refractivity contribution in [3.63, 3.8) is 0 Å². The number of aromatic amines is 1. The van der Waals surface area contributed by atoms with Gasteiger partial charge >= 0.3 is 0 Å². The van der Waals surface area contributed by atoms with Gasteiger partial charge in [0.1, 0.15) is 10.6 Å². The van der Waals surface area contributed by atoms with Gasteiger partial charge in [0.2, 0.25) is 10.0 Å². The van der Waals surface area contributed by atoms with E-state index in [2.05, 4.69) is 10.3 Å². The fourth-order valence-corrected chi connectivity index (χ4v) is 5.19. The number of aromatic nitrogens is 1. The number of anilines is 1. The predicted molar refractivity (Wildman–Crippen MR) is 107 cm³/mol. The summed E-state index contributed by atoms with van der Waals surface area (Å²) >= 11 is 0. The van der Waals surface area contributed by atoms with Gasteiger partial charge < -0.3 is 24.5 Å². The summed E-state index contributed by atoms with van der Waals surface area (Å²) in [5, 5.41) is 2.76. The maximum Gasteiger partial charge on any atom is 0.272 e. The maximum atomic E-state index is 13.1. The van der Waals surface area contributed by atoms with Gasteiger partial charge in [-0.15, -0.1) is 0 Å². The lowest BCUT2D eigenvalue weighted by Gasteiger charge is -2.26. The molecule has 10 heteroatoms. The van der Waals surface area contributed by atoms with Gasteiger partial charge in [0, 0.05) is 30.5 Å². The van der Waals surface area contributed by atoms with Gasteiger partial charge in [-0.3, -0.25) is 4.79 Å². The number of hydrogen-bond acceptors (Lipinski definition) is 6. The molecular formula is C19H25N3O6S. The highest BCUT2D eigenvalue weighted by Gasteiger charge is 2.32. The molecule has 29 heavy (non-hydrogen) atoms. The van der Waals surface area contributed by atoms with Gasteiger partial charge in [-0.05, 0) is 31.5 Å². The molecule has 1 aliphatic rings.